The maximum atomic E-state index is 14.0. The predicted octanol–water partition coefficient (Wildman–Crippen LogP) is 2.83. The van der Waals surface area contributed by atoms with Crippen LogP contribution in [0.1, 0.15) is 25.0 Å². The van der Waals surface area contributed by atoms with Crippen molar-refractivity contribution in [3.8, 4) is 0 Å². The third kappa shape index (κ3) is 4.17. The minimum absolute atomic E-state index is 0.0138. The number of carbonyl (C=O) groups is 3. The van der Waals surface area contributed by atoms with E-state index in [0.29, 0.717) is 31.7 Å². The summed E-state index contributed by atoms with van der Waals surface area (Å²) in [5, 5.41) is 13.9. The van der Waals surface area contributed by atoms with Crippen molar-refractivity contribution < 1.29 is 19.3 Å². The molecular weight excluding hydrogens is 474 g/mol. The van der Waals surface area contributed by atoms with Crippen molar-refractivity contribution >= 4 is 35.3 Å². The number of nitro groups is 1. The second-order valence-electron chi connectivity index (χ2n) is 10.0. The summed E-state index contributed by atoms with van der Waals surface area (Å²) in [6.45, 7) is 5.72. The first-order chi connectivity index (χ1) is 17.7. The Morgan fingerprint density at radius 2 is 1.89 bits per heavy atom. The molecule has 2 aromatic rings. The molecule has 10 heteroatoms. The quantitative estimate of drug-likeness (QED) is 0.379. The number of carbonyl (C=O) groups excluding carboxylic acids is 3. The Hall–Kier alpha value is -4.05. The SMILES string of the molecule is CC(C)N1C(=O)NC(=O)C2(Cc3cc([N+](=O)[O-])ccc3N3CCN(C/C=C/c4ccccc4)CC32)C1=O. The largest absolute Gasteiger partial charge is 0.364 e. The molecule has 0 radical (unpaired) electrons. The number of non-ortho nitro benzene ring substituents is 1. The third-order valence-electron chi connectivity index (χ3n) is 7.52. The minimum atomic E-state index is -1.58. The van der Waals surface area contributed by atoms with E-state index in [2.05, 4.69) is 16.3 Å². The molecule has 3 heterocycles. The fourth-order valence-corrected chi connectivity index (χ4v) is 5.73. The monoisotopic (exact) mass is 503 g/mol. The minimum Gasteiger partial charge on any atom is -0.364 e. The van der Waals surface area contributed by atoms with Crippen molar-refractivity contribution in [2.24, 2.45) is 5.41 Å². The lowest BCUT2D eigenvalue weighted by molar-refractivity contribution is -0.384. The fraction of sp³-hybridized carbons (Fsp3) is 0.370. The Kier molecular flexibility index (Phi) is 6.28. The Balaban J connectivity index is 1.53. The summed E-state index contributed by atoms with van der Waals surface area (Å²) in [6, 6.07) is 12.8. The molecule has 0 aromatic heterocycles. The van der Waals surface area contributed by atoms with Gasteiger partial charge in [-0.25, -0.2) is 4.79 Å². The van der Waals surface area contributed by atoms with Gasteiger partial charge in [0.2, 0.25) is 11.8 Å². The third-order valence-corrected chi connectivity index (χ3v) is 7.52. The molecule has 10 nitrogen and oxygen atoms in total. The van der Waals surface area contributed by atoms with Gasteiger partial charge in [-0.15, -0.1) is 0 Å². The Morgan fingerprint density at radius 3 is 2.59 bits per heavy atom. The van der Waals surface area contributed by atoms with Gasteiger partial charge in [0.05, 0.1) is 11.0 Å². The first kappa shape index (κ1) is 24.6. The lowest BCUT2D eigenvalue weighted by Crippen LogP contribution is -2.75. The van der Waals surface area contributed by atoms with Crippen LogP contribution in [0.15, 0.2) is 54.6 Å². The second kappa shape index (κ2) is 9.44. The van der Waals surface area contributed by atoms with Gasteiger partial charge >= 0.3 is 6.03 Å². The van der Waals surface area contributed by atoms with E-state index in [4.69, 9.17) is 0 Å². The van der Waals surface area contributed by atoms with E-state index in [9.17, 15) is 24.5 Å². The number of amides is 4. The maximum Gasteiger partial charge on any atom is 0.331 e. The molecule has 2 atom stereocenters. The van der Waals surface area contributed by atoms with Gasteiger partial charge in [-0.05, 0) is 31.0 Å². The van der Waals surface area contributed by atoms with E-state index in [1.54, 1.807) is 19.9 Å². The van der Waals surface area contributed by atoms with E-state index in [0.717, 1.165) is 16.2 Å². The van der Waals surface area contributed by atoms with E-state index in [1.807, 2.05) is 41.3 Å². The van der Waals surface area contributed by atoms with Gasteiger partial charge in [-0.3, -0.25) is 34.8 Å². The van der Waals surface area contributed by atoms with Gasteiger partial charge in [0, 0.05) is 56.5 Å². The topological polar surface area (TPSA) is 116 Å². The maximum absolute atomic E-state index is 14.0. The van der Waals surface area contributed by atoms with Crippen molar-refractivity contribution in [1.82, 2.24) is 15.1 Å². The first-order valence-electron chi connectivity index (χ1n) is 12.4. The number of hydrogen-bond acceptors (Lipinski definition) is 7. The summed E-state index contributed by atoms with van der Waals surface area (Å²) in [5.74, 6) is -1.20. The number of anilines is 1. The molecule has 1 N–H and O–H groups in total. The Morgan fingerprint density at radius 1 is 1.14 bits per heavy atom. The number of rotatable bonds is 5. The van der Waals surface area contributed by atoms with Crippen LogP contribution in [0.4, 0.5) is 16.2 Å². The molecule has 2 fully saturated rings. The van der Waals surface area contributed by atoms with Gasteiger partial charge in [0.25, 0.3) is 5.69 Å². The smallest absolute Gasteiger partial charge is 0.331 e. The molecule has 2 aromatic carbocycles. The number of imide groups is 2. The van der Waals surface area contributed by atoms with Crippen molar-refractivity contribution in [3.05, 3.63) is 75.8 Å². The van der Waals surface area contributed by atoms with Gasteiger partial charge in [-0.2, -0.15) is 0 Å². The molecule has 2 saturated heterocycles. The molecule has 5 rings (SSSR count). The van der Waals surface area contributed by atoms with Crippen LogP contribution in [0, 0.1) is 15.5 Å². The van der Waals surface area contributed by atoms with Crippen LogP contribution in [0.5, 0.6) is 0 Å². The molecular formula is C27H29N5O5. The number of benzene rings is 2. The van der Waals surface area contributed by atoms with Crippen LogP contribution in [0.3, 0.4) is 0 Å². The van der Waals surface area contributed by atoms with Crippen LogP contribution >= 0.6 is 0 Å². The molecule has 37 heavy (non-hydrogen) atoms. The van der Waals surface area contributed by atoms with Crippen LogP contribution in [0.2, 0.25) is 0 Å². The zero-order valence-electron chi connectivity index (χ0n) is 20.8. The number of fused-ring (bicyclic) bond motifs is 4. The number of nitrogens with zero attached hydrogens (tertiary/aromatic N) is 4. The molecule has 3 aliphatic heterocycles. The van der Waals surface area contributed by atoms with Crippen LogP contribution in [-0.2, 0) is 16.0 Å². The van der Waals surface area contributed by atoms with E-state index in [1.165, 1.54) is 12.1 Å². The number of urea groups is 1. The summed E-state index contributed by atoms with van der Waals surface area (Å²) >= 11 is 0. The van der Waals surface area contributed by atoms with E-state index >= 15 is 0 Å². The van der Waals surface area contributed by atoms with Crippen LogP contribution < -0.4 is 10.2 Å². The number of piperazine rings is 1. The van der Waals surface area contributed by atoms with Crippen molar-refractivity contribution in [2.45, 2.75) is 32.4 Å². The van der Waals surface area contributed by atoms with Crippen LogP contribution in [-0.4, -0.2) is 70.8 Å². The summed E-state index contributed by atoms with van der Waals surface area (Å²) in [6.07, 6.45) is 4.08. The number of barbiturate groups is 1. The lowest BCUT2D eigenvalue weighted by atomic mass is 9.67. The number of hydrogen-bond donors (Lipinski definition) is 1. The Labute approximate surface area is 214 Å². The van der Waals surface area contributed by atoms with Gasteiger partial charge in [-0.1, -0.05) is 42.5 Å². The highest BCUT2D eigenvalue weighted by molar-refractivity contribution is 6.20. The van der Waals surface area contributed by atoms with Crippen LogP contribution in [0.25, 0.3) is 6.08 Å². The summed E-state index contributed by atoms with van der Waals surface area (Å²) < 4.78 is 0. The standard InChI is InChI=1S/C27H29N5O5/c1-18(2)31-25(34)27(24(33)28-26(31)35)16-20-15-21(32(36)37)10-11-22(20)30-14-13-29(17-23(27)30)12-6-9-19-7-4-3-5-8-19/h3-11,15,18,23H,12-14,16-17H2,1-2H3,(H,28,33,35)/b9-6+. The number of nitro benzene ring substituents is 1. The zero-order valence-corrected chi connectivity index (χ0v) is 20.8. The highest BCUT2D eigenvalue weighted by Gasteiger charge is 2.63. The molecule has 0 aliphatic carbocycles. The van der Waals surface area contributed by atoms with E-state index < -0.39 is 40.3 Å². The van der Waals surface area contributed by atoms with Gasteiger partial charge < -0.3 is 4.90 Å². The average Bonchev–Trinajstić information content (AvgIpc) is 2.87. The molecule has 0 bridgehead atoms. The molecule has 2 unspecified atom stereocenters. The van der Waals surface area contributed by atoms with E-state index in [-0.39, 0.29) is 12.1 Å². The second-order valence-corrected chi connectivity index (χ2v) is 10.0. The lowest BCUT2D eigenvalue weighted by Gasteiger charge is -2.55. The van der Waals surface area contributed by atoms with Gasteiger partial charge in [0.1, 0.15) is 0 Å². The van der Waals surface area contributed by atoms with Gasteiger partial charge in [0.15, 0.2) is 5.41 Å². The summed E-state index contributed by atoms with van der Waals surface area (Å²) in [5.41, 5.74) is 0.748. The Bertz CT molecular complexity index is 1290. The molecule has 0 saturated carbocycles. The van der Waals surface area contributed by atoms with Crippen molar-refractivity contribution in [3.63, 3.8) is 0 Å². The highest BCUT2D eigenvalue weighted by Crippen LogP contribution is 2.46. The normalized spacial score (nSPS) is 24.0. The molecule has 4 amide bonds. The predicted molar refractivity (Wildman–Crippen MR) is 138 cm³/mol. The van der Waals surface area contributed by atoms with Crippen molar-refractivity contribution in [2.75, 3.05) is 31.1 Å². The molecule has 1 spiro atoms. The zero-order chi connectivity index (χ0) is 26.3. The molecule has 192 valence electrons. The summed E-state index contributed by atoms with van der Waals surface area (Å²) in [7, 11) is 0. The highest BCUT2D eigenvalue weighted by atomic mass is 16.6. The average molecular weight is 504 g/mol. The fourth-order valence-electron chi connectivity index (χ4n) is 5.73. The first-order valence-corrected chi connectivity index (χ1v) is 12.4. The molecule has 3 aliphatic rings. The number of nitrogens with one attached hydrogen (secondary N) is 1. The van der Waals surface area contributed by atoms with Crippen molar-refractivity contribution in [1.29, 1.82) is 0 Å². The summed E-state index contributed by atoms with van der Waals surface area (Å²) in [4.78, 5) is 56.5.